The van der Waals surface area contributed by atoms with Gasteiger partial charge in [0.2, 0.25) is 0 Å². The summed E-state index contributed by atoms with van der Waals surface area (Å²) in [5, 5.41) is 13.7. The number of aromatic nitrogens is 2. The van der Waals surface area contributed by atoms with Crippen molar-refractivity contribution in [1.29, 1.82) is 5.26 Å². The Hall–Kier alpha value is -3.70. The lowest BCUT2D eigenvalue weighted by Crippen LogP contribution is -2.45. The van der Waals surface area contributed by atoms with Gasteiger partial charge in [-0.3, -0.25) is 4.79 Å². The Morgan fingerprint density at radius 2 is 1.82 bits per heavy atom. The summed E-state index contributed by atoms with van der Waals surface area (Å²) in [6.45, 7) is 2.96. The van der Waals surface area contributed by atoms with Crippen LogP contribution in [-0.2, 0) is 0 Å². The van der Waals surface area contributed by atoms with E-state index in [1.165, 1.54) is 10.7 Å². The number of amides is 1. The molecule has 2 saturated heterocycles. The molecule has 1 aromatic heterocycles. The van der Waals surface area contributed by atoms with Gasteiger partial charge < -0.3 is 15.5 Å². The molecule has 174 valence electrons. The van der Waals surface area contributed by atoms with Crippen molar-refractivity contribution in [2.45, 2.75) is 31.7 Å². The number of halogens is 1. The largest absolute Gasteiger partial charge is 0.371 e. The van der Waals surface area contributed by atoms with Crippen molar-refractivity contribution in [3.05, 3.63) is 65.6 Å². The van der Waals surface area contributed by atoms with Crippen LogP contribution in [0, 0.1) is 17.1 Å². The predicted octanol–water partition coefficient (Wildman–Crippen LogP) is 3.71. The van der Waals surface area contributed by atoms with E-state index >= 15 is 4.39 Å². The highest BCUT2D eigenvalue weighted by atomic mass is 19.1. The highest BCUT2D eigenvalue weighted by Gasteiger charge is 2.26. The van der Waals surface area contributed by atoms with E-state index < -0.39 is 5.82 Å². The van der Waals surface area contributed by atoms with E-state index in [4.69, 9.17) is 11.0 Å². The van der Waals surface area contributed by atoms with Gasteiger partial charge in [0.1, 0.15) is 5.69 Å². The summed E-state index contributed by atoms with van der Waals surface area (Å²) < 4.78 is 16.9. The topological polar surface area (TPSA) is 91.2 Å². The molecule has 3 aromatic rings. The van der Waals surface area contributed by atoms with Crippen LogP contribution in [0.4, 0.5) is 10.1 Å². The first kappa shape index (κ1) is 22.1. The van der Waals surface area contributed by atoms with Gasteiger partial charge in [0.25, 0.3) is 5.91 Å². The van der Waals surface area contributed by atoms with E-state index in [-0.39, 0.29) is 23.3 Å². The molecule has 0 radical (unpaired) electrons. The van der Waals surface area contributed by atoms with Crippen molar-refractivity contribution in [2.24, 2.45) is 5.73 Å². The van der Waals surface area contributed by atoms with E-state index in [9.17, 15) is 4.79 Å². The van der Waals surface area contributed by atoms with E-state index in [2.05, 4.69) is 16.1 Å². The van der Waals surface area contributed by atoms with Crippen LogP contribution in [-0.4, -0.2) is 52.8 Å². The average molecular weight is 459 g/mol. The quantitative estimate of drug-likeness (QED) is 0.644. The number of rotatable bonds is 4. The Bertz CT molecular complexity index is 1240. The van der Waals surface area contributed by atoms with E-state index in [0.717, 1.165) is 50.0 Å². The van der Waals surface area contributed by atoms with Gasteiger partial charge in [0, 0.05) is 43.5 Å². The Labute approximate surface area is 198 Å². The van der Waals surface area contributed by atoms with E-state index in [1.807, 2.05) is 6.07 Å². The number of nitriles is 1. The number of nitrogens with two attached hydrogens (primary N) is 1. The third kappa shape index (κ3) is 4.27. The van der Waals surface area contributed by atoms with Gasteiger partial charge in [-0.05, 0) is 62.1 Å². The highest BCUT2D eigenvalue weighted by Crippen LogP contribution is 2.29. The van der Waals surface area contributed by atoms with Crippen LogP contribution in [0.15, 0.2) is 48.5 Å². The molecule has 0 aliphatic carbocycles. The molecular formula is C26H27FN6O. The Kier molecular flexibility index (Phi) is 6.03. The van der Waals surface area contributed by atoms with Gasteiger partial charge in [-0.2, -0.15) is 10.4 Å². The Morgan fingerprint density at radius 1 is 1.06 bits per heavy atom. The van der Waals surface area contributed by atoms with Crippen LogP contribution in [0.3, 0.4) is 0 Å². The van der Waals surface area contributed by atoms with Gasteiger partial charge in [0.05, 0.1) is 17.3 Å². The van der Waals surface area contributed by atoms with Crippen LogP contribution in [0.2, 0.25) is 0 Å². The Morgan fingerprint density at radius 3 is 2.50 bits per heavy atom. The van der Waals surface area contributed by atoms with Crippen molar-refractivity contribution in [3.8, 4) is 23.0 Å². The zero-order valence-corrected chi connectivity index (χ0v) is 19.0. The third-order valence-electron chi connectivity index (χ3n) is 6.61. The van der Waals surface area contributed by atoms with Crippen molar-refractivity contribution in [1.82, 2.24) is 14.7 Å². The number of nitrogens with zero attached hydrogens (tertiary/aromatic N) is 5. The first-order chi connectivity index (χ1) is 16.5. The number of hydrogen-bond donors (Lipinski definition) is 1. The second-order valence-electron chi connectivity index (χ2n) is 9.00. The lowest BCUT2D eigenvalue weighted by molar-refractivity contribution is 0.0702. The standard InChI is InChI=1S/C26H27FN6O/c27-22-14-21(31-11-1-2-12-31)9-10-24(22)33-25(19-7-5-18(16-28)6-8-19)15-23(30-33)26(34)32-13-3-4-20(29)17-32/h5-10,14-15,20H,1-4,11-13,17,29H2/t20-/m1/s1. The smallest absolute Gasteiger partial charge is 0.274 e. The molecule has 1 atom stereocenters. The van der Waals surface area contributed by atoms with Gasteiger partial charge in [0.15, 0.2) is 11.5 Å². The number of benzene rings is 2. The number of anilines is 1. The summed E-state index contributed by atoms with van der Waals surface area (Å²) in [4.78, 5) is 17.1. The summed E-state index contributed by atoms with van der Waals surface area (Å²) in [7, 11) is 0. The minimum atomic E-state index is -0.401. The molecule has 0 saturated carbocycles. The molecule has 1 amide bonds. The summed E-state index contributed by atoms with van der Waals surface area (Å²) in [6.07, 6.45) is 3.96. The Balaban J connectivity index is 1.56. The maximum Gasteiger partial charge on any atom is 0.274 e. The van der Waals surface area contributed by atoms with E-state index in [0.29, 0.717) is 24.3 Å². The second kappa shape index (κ2) is 9.27. The number of carbonyl (C=O) groups excluding carboxylic acids is 1. The lowest BCUT2D eigenvalue weighted by atomic mass is 10.1. The molecule has 2 N–H and O–H groups in total. The summed E-state index contributed by atoms with van der Waals surface area (Å²) in [5.41, 5.74) is 9.29. The minimum absolute atomic E-state index is 0.0478. The minimum Gasteiger partial charge on any atom is -0.371 e. The van der Waals surface area contributed by atoms with Gasteiger partial charge in [-0.1, -0.05) is 12.1 Å². The molecule has 3 heterocycles. The SMILES string of the molecule is N#Cc1ccc(-c2cc(C(=O)N3CCC[C@@H](N)C3)nn2-c2ccc(N3CCCC3)cc2F)cc1. The van der Waals surface area contributed by atoms with Crippen LogP contribution < -0.4 is 10.6 Å². The maximum absolute atomic E-state index is 15.4. The molecular weight excluding hydrogens is 431 g/mol. The second-order valence-corrected chi connectivity index (χ2v) is 9.00. The van der Waals surface area contributed by atoms with E-state index in [1.54, 1.807) is 41.3 Å². The molecule has 2 fully saturated rings. The van der Waals surface area contributed by atoms with Gasteiger partial charge >= 0.3 is 0 Å². The fraction of sp³-hybridized carbons (Fsp3) is 0.346. The zero-order chi connectivity index (χ0) is 23.7. The number of piperidine rings is 1. The molecule has 2 aliphatic heterocycles. The predicted molar refractivity (Wildman–Crippen MR) is 128 cm³/mol. The first-order valence-corrected chi connectivity index (χ1v) is 11.7. The maximum atomic E-state index is 15.4. The lowest BCUT2D eigenvalue weighted by Gasteiger charge is -2.30. The zero-order valence-electron chi connectivity index (χ0n) is 19.0. The molecule has 5 rings (SSSR count). The molecule has 8 heteroatoms. The van der Waals surface area contributed by atoms with Gasteiger partial charge in [-0.25, -0.2) is 9.07 Å². The molecule has 7 nitrogen and oxygen atoms in total. The summed E-state index contributed by atoms with van der Waals surface area (Å²) in [5.74, 6) is -0.612. The van der Waals surface area contributed by atoms with Crippen molar-refractivity contribution < 1.29 is 9.18 Å². The van der Waals surface area contributed by atoms with Crippen LogP contribution in [0.25, 0.3) is 16.9 Å². The fourth-order valence-corrected chi connectivity index (χ4v) is 4.79. The molecule has 2 aromatic carbocycles. The monoisotopic (exact) mass is 458 g/mol. The highest BCUT2D eigenvalue weighted by molar-refractivity contribution is 5.93. The van der Waals surface area contributed by atoms with Gasteiger partial charge in [-0.15, -0.1) is 0 Å². The fourth-order valence-electron chi connectivity index (χ4n) is 4.79. The summed E-state index contributed by atoms with van der Waals surface area (Å²) >= 11 is 0. The van der Waals surface area contributed by atoms with Crippen LogP contribution >= 0.6 is 0 Å². The van der Waals surface area contributed by atoms with Crippen LogP contribution in [0.1, 0.15) is 41.7 Å². The van der Waals surface area contributed by atoms with Crippen LogP contribution in [0.5, 0.6) is 0 Å². The number of likely N-dealkylation sites (tertiary alicyclic amines) is 1. The van der Waals surface area contributed by atoms with Crippen molar-refractivity contribution >= 4 is 11.6 Å². The molecule has 0 unspecified atom stereocenters. The molecule has 0 spiro atoms. The number of carbonyl (C=O) groups is 1. The molecule has 0 bridgehead atoms. The first-order valence-electron chi connectivity index (χ1n) is 11.7. The van der Waals surface area contributed by atoms with Crippen molar-refractivity contribution in [3.63, 3.8) is 0 Å². The summed E-state index contributed by atoms with van der Waals surface area (Å²) in [6, 6.07) is 15.9. The molecule has 34 heavy (non-hydrogen) atoms. The molecule has 2 aliphatic rings. The number of hydrogen-bond acceptors (Lipinski definition) is 5. The van der Waals surface area contributed by atoms with Crippen molar-refractivity contribution in [2.75, 3.05) is 31.1 Å². The third-order valence-corrected chi connectivity index (χ3v) is 6.61. The normalized spacial score (nSPS) is 18.2. The average Bonchev–Trinajstić information content (AvgIpc) is 3.54.